The number of aromatic nitrogens is 2. The lowest BCUT2D eigenvalue weighted by Gasteiger charge is -2.19. The summed E-state index contributed by atoms with van der Waals surface area (Å²) in [4.78, 5) is 18.9. The number of ether oxygens (including phenoxy) is 3. The normalized spacial score (nSPS) is 12.7. The van der Waals surface area contributed by atoms with Crippen molar-refractivity contribution in [2.75, 3.05) is 20.8 Å². The molecule has 0 aromatic carbocycles. The number of imidazole rings is 1. The fourth-order valence-corrected chi connectivity index (χ4v) is 2.64. The number of nitrogens with zero attached hydrogens (tertiary/aromatic N) is 1. The quantitative estimate of drug-likeness (QED) is 0.470. The van der Waals surface area contributed by atoms with Crippen molar-refractivity contribution in [2.45, 2.75) is 37.5 Å². The van der Waals surface area contributed by atoms with E-state index in [1.807, 2.05) is 6.92 Å². The number of methoxy groups -OCH3 is 2. The number of aryl methyl sites for hydroxylation is 1. The smallest absolute Gasteiger partial charge is 0.358 e. The van der Waals surface area contributed by atoms with Gasteiger partial charge in [-0.25, -0.2) is 9.78 Å². The fraction of sp³-hybridized carbons (Fsp3) is 0.667. The van der Waals surface area contributed by atoms with Crippen LogP contribution in [0, 0.1) is 6.92 Å². The molecular weight excluding hydrogens is 268 g/mol. The average molecular weight is 288 g/mol. The first-order valence-electron chi connectivity index (χ1n) is 5.99. The molecule has 1 N–H and O–H groups in total. The number of hydrogen-bond donors (Lipinski definition) is 1. The Morgan fingerprint density at radius 3 is 2.58 bits per heavy atom. The molecule has 0 amide bonds. The molecule has 0 aliphatic carbocycles. The van der Waals surface area contributed by atoms with Crippen LogP contribution in [0.5, 0.6) is 0 Å². The number of carbonyl (C=O) groups is 1. The third kappa shape index (κ3) is 4.22. The molecule has 0 aliphatic heterocycles. The van der Waals surface area contributed by atoms with E-state index >= 15 is 0 Å². The minimum Gasteiger partial charge on any atom is -0.461 e. The van der Waals surface area contributed by atoms with Crippen molar-refractivity contribution in [3.8, 4) is 0 Å². The van der Waals surface area contributed by atoms with Crippen LogP contribution < -0.4 is 0 Å². The zero-order chi connectivity index (χ0) is 14.4. The summed E-state index contributed by atoms with van der Waals surface area (Å²) in [6, 6.07) is 0. The predicted molar refractivity (Wildman–Crippen MR) is 72.4 cm³/mol. The maximum Gasteiger partial charge on any atom is 0.358 e. The van der Waals surface area contributed by atoms with E-state index in [2.05, 4.69) is 9.97 Å². The van der Waals surface area contributed by atoms with Crippen LogP contribution in [0.2, 0.25) is 0 Å². The highest BCUT2D eigenvalue weighted by molar-refractivity contribution is 7.99. The molecule has 1 heterocycles. The van der Waals surface area contributed by atoms with E-state index in [0.29, 0.717) is 23.2 Å². The maximum atomic E-state index is 11.6. The molecule has 0 fully saturated rings. The minimum absolute atomic E-state index is 0.0376. The Labute approximate surface area is 117 Å². The molecule has 6 nitrogen and oxygen atoms in total. The van der Waals surface area contributed by atoms with Crippen molar-refractivity contribution < 1.29 is 19.0 Å². The summed E-state index contributed by atoms with van der Waals surface area (Å²) in [6.07, 6.45) is -0.332. The van der Waals surface area contributed by atoms with Gasteiger partial charge in [-0.2, -0.15) is 0 Å². The summed E-state index contributed by atoms with van der Waals surface area (Å²) in [7, 11) is 3.17. The predicted octanol–water partition coefficient (Wildman–Crippen LogP) is 1.99. The van der Waals surface area contributed by atoms with Crippen molar-refractivity contribution >= 4 is 17.7 Å². The highest BCUT2D eigenvalue weighted by Gasteiger charge is 2.21. The van der Waals surface area contributed by atoms with E-state index in [1.165, 1.54) is 11.8 Å². The van der Waals surface area contributed by atoms with Gasteiger partial charge in [-0.1, -0.05) is 11.8 Å². The first-order chi connectivity index (χ1) is 9.03. The Morgan fingerprint density at radius 2 is 2.05 bits per heavy atom. The molecule has 0 bridgehead atoms. The highest BCUT2D eigenvalue weighted by atomic mass is 32.2. The van der Waals surface area contributed by atoms with Crippen LogP contribution in [0.15, 0.2) is 5.16 Å². The van der Waals surface area contributed by atoms with Gasteiger partial charge >= 0.3 is 5.97 Å². The molecule has 1 rings (SSSR count). The Balaban J connectivity index is 2.75. The molecule has 19 heavy (non-hydrogen) atoms. The van der Waals surface area contributed by atoms with Gasteiger partial charge in [0.05, 0.1) is 11.9 Å². The number of thioether (sulfide) groups is 1. The van der Waals surface area contributed by atoms with E-state index < -0.39 is 5.97 Å². The fourth-order valence-electron chi connectivity index (χ4n) is 1.60. The third-order valence-corrected chi connectivity index (χ3v) is 3.49. The van der Waals surface area contributed by atoms with Crippen molar-refractivity contribution in [1.29, 1.82) is 0 Å². The summed E-state index contributed by atoms with van der Waals surface area (Å²) in [5.41, 5.74) is 1.02. The molecule has 0 spiro atoms. The van der Waals surface area contributed by atoms with Gasteiger partial charge in [-0.15, -0.1) is 0 Å². The molecule has 0 aliphatic rings. The number of aromatic amines is 1. The van der Waals surface area contributed by atoms with E-state index in [9.17, 15) is 4.79 Å². The summed E-state index contributed by atoms with van der Waals surface area (Å²) in [5, 5.41) is 0.683. The van der Waals surface area contributed by atoms with Gasteiger partial charge in [0, 0.05) is 19.9 Å². The van der Waals surface area contributed by atoms with Crippen molar-refractivity contribution in [1.82, 2.24) is 9.97 Å². The van der Waals surface area contributed by atoms with Gasteiger partial charge in [-0.3, -0.25) is 0 Å². The van der Waals surface area contributed by atoms with Gasteiger partial charge in [0.2, 0.25) is 0 Å². The number of carbonyl (C=O) groups excluding carboxylic acids is 1. The Morgan fingerprint density at radius 1 is 1.42 bits per heavy atom. The Bertz CT molecular complexity index is 418. The molecule has 108 valence electrons. The van der Waals surface area contributed by atoms with Gasteiger partial charge in [0.25, 0.3) is 0 Å². The lowest BCUT2D eigenvalue weighted by molar-refractivity contribution is -0.0988. The first-order valence-corrected chi connectivity index (χ1v) is 6.87. The first kappa shape index (κ1) is 16.0. The van der Waals surface area contributed by atoms with Crippen LogP contribution in [-0.2, 0) is 14.2 Å². The minimum atomic E-state index is -0.411. The summed E-state index contributed by atoms with van der Waals surface area (Å²) in [5.74, 6) is -0.411. The third-order valence-electron chi connectivity index (χ3n) is 2.48. The number of hydrogen-bond acceptors (Lipinski definition) is 6. The van der Waals surface area contributed by atoms with Crippen LogP contribution in [0.25, 0.3) is 0 Å². The number of nitrogens with one attached hydrogen (secondary N) is 1. The van der Waals surface area contributed by atoms with E-state index in [4.69, 9.17) is 14.2 Å². The van der Waals surface area contributed by atoms with E-state index in [0.717, 1.165) is 0 Å². The van der Waals surface area contributed by atoms with E-state index in [1.54, 1.807) is 28.1 Å². The average Bonchev–Trinajstić information content (AvgIpc) is 2.72. The van der Waals surface area contributed by atoms with Gasteiger partial charge in [0.15, 0.2) is 17.1 Å². The molecule has 7 heteroatoms. The molecular formula is C12H20N2O4S. The molecule has 1 aromatic rings. The zero-order valence-corrected chi connectivity index (χ0v) is 12.7. The topological polar surface area (TPSA) is 73.4 Å². The molecule has 0 radical (unpaired) electrons. The van der Waals surface area contributed by atoms with Crippen LogP contribution in [0.1, 0.15) is 30.0 Å². The van der Waals surface area contributed by atoms with Gasteiger partial charge in [-0.05, 0) is 20.8 Å². The van der Waals surface area contributed by atoms with Crippen LogP contribution >= 0.6 is 11.8 Å². The second-order valence-electron chi connectivity index (χ2n) is 3.90. The second kappa shape index (κ2) is 7.52. The van der Waals surface area contributed by atoms with Crippen molar-refractivity contribution in [2.24, 2.45) is 0 Å². The number of rotatable bonds is 7. The largest absolute Gasteiger partial charge is 0.461 e. The highest BCUT2D eigenvalue weighted by Crippen LogP contribution is 2.25. The molecule has 1 unspecified atom stereocenters. The standard InChI is InChI=1S/C12H20N2O4S/c1-6-18-10(15)9-7(2)13-12(14-9)19-8(3)11(16-4)17-5/h8,11H,6H2,1-5H3,(H,13,14). The lowest BCUT2D eigenvalue weighted by Crippen LogP contribution is -2.24. The van der Waals surface area contributed by atoms with Gasteiger partial charge < -0.3 is 19.2 Å². The zero-order valence-electron chi connectivity index (χ0n) is 11.9. The molecule has 1 atom stereocenters. The lowest BCUT2D eigenvalue weighted by atomic mass is 10.3. The second-order valence-corrected chi connectivity index (χ2v) is 5.26. The Hall–Kier alpha value is -1.05. The summed E-state index contributed by atoms with van der Waals surface area (Å²) >= 11 is 1.45. The van der Waals surface area contributed by atoms with Gasteiger partial charge in [0.1, 0.15) is 0 Å². The van der Waals surface area contributed by atoms with E-state index in [-0.39, 0.29) is 11.5 Å². The SMILES string of the molecule is CCOC(=O)c1nc(SC(C)C(OC)OC)[nH]c1C. The summed E-state index contributed by atoms with van der Waals surface area (Å²) in [6.45, 7) is 5.85. The van der Waals surface area contributed by atoms with Crippen molar-refractivity contribution in [3.63, 3.8) is 0 Å². The summed E-state index contributed by atoms with van der Waals surface area (Å²) < 4.78 is 15.3. The number of esters is 1. The molecule has 0 saturated heterocycles. The molecule has 0 saturated carbocycles. The maximum absolute atomic E-state index is 11.6. The molecule has 1 aromatic heterocycles. The number of H-pyrrole nitrogens is 1. The Kier molecular flexibility index (Phi) is 6.33. The van der Waals surface area contributed by atoms with Crippen LogP contribution in [-0.4, -0.2) is 48.3 Å². The van der Waals surface area contributed by atoms with Crippen LogP contribution in [0.4, 0.5) is 0 Å². The monoisotopic (exact) mass is 288 g/mol. The van der Waals surface area contributed by atoms with Crippen LogP contribution in [0.3, 0.4) is 0 Å². The van der Waals surface area contributed by atoms with Crippen molar-refractivity contribution in [3.05, 3.63) is 11.4 Å².